The van der Waals surface area contributed by atoms with Crippen LogP contribution in [0.4, 0.5) is 5.69 Å². The van der Waals surface area contributed by atoms with Crippen molar-refractivity contribution in [2.75, 3.05) is 18.0 Å². The lowest BCUT2D eigenvalue weighted by molar-refractivity contribution is -0.121. The predicted molar refractivity (Wildman–Crippen MR) is 94.7 cm³/mol. The number of carbonyl (C=O) groups excluding carboxylic acids is 2. The first-order valence-corrected chi connectivity index (χ1v) is 8.38. The van der Waals surface area contributed by atoms with Crippen molar-refractivity contribution in [2.24, 2.45) is 5.92 Å². The molecule has 2 amide bonds. The van der Waals surface area contributed by atoms with Gasteiger partial charge in [-0.15, -0.1) is 0 Å². The zero-order chi connectivity index (χ0) is 16.8. The van der Waals surface area contributed by atoms with Crippen molar-refractivity contribution in [3.05, 3.63) is 66.2 Å². The van der Waals surface area contributed by atoms with Gasteiger partial charge in [0.1, 0.15) is 0 Å². The van der Waals surface area contributed by atoms with Crippen LogP contribution in [-0.2, 0) is 16.0 Å². The van der Waals surface area contributed by atoms with E-state index in [1.165, 1.54) is 5.56 Å². The topological polar surface area (TPSA) is 49.4 Å². The fourth-order valence-corrected chi connectivity index (χ4v) is 3.02. The van der Waals surface area contributed by atoms with E-state index in [4.69, 9.17) is 0 Å². The maximum atomic E-state index is 12.2. The molecule has 1 heterocycles. The van der Waals surface area contributed by atoms with E-state index in [1.54, 1.807) is 4.90 Å². The Hall–Kier alpha value is -2.62. The fraction of sp³-hybridized carbons (Fsp3) is 0.300. The maximum absolute atomic E-state index is 12.2. The van der Waals surface area contributed by atoms with E-state index in [9.17, 15) is 9.59 Å². The minimum absolute atomic E-state index is 0.0458. The molecule has 0 bridgehead atoms. The van der Waals surface area contributed by atoms with Gasteiger partial charge in [-0.1, -0.05) is 48.5 Å². The van der Waals surface area contributed by atoms with E-state index < -0.39 is 0 Å². The van der Waals surface area contributed by atoms with Crippen LogP contribution in [0.2, 0.25) is 0 Å². The Kier molecular flexibility index (Phi) is 5.26. The largest absolute Gasteiger partial charge is 0.356 e. The summed E-state index contributed by atoms with van der Waals surface area (Å²) in [7, 11) is 0. The summed E-state index contributed by atoms with van der Waals surface area (Å²) >= 11 is 0. The Bertz CT molecular complexity index is 685. The smallest absolute Gasteiger partial charge is 0.227 e. The van der Waals surface area contributed by atoms with Crippen LogP contribution in [0.15, 0.2) is 60.7 Å². The molecule has 0 radical (unpaired) electrons. The standard InChI is InChI=1S/C20H22N2O2/c23-19(12-11-16-7-3-1-4-8-16)21-14-17-13-20(24)22(15-17)18-9-5-2-6-10-18/h1-10,17H,11-15H2,(H,21,23)/t17-/m1/s1. The molecule has 0 spiro atoms. The third-order valence-corrected chi connectivity index (χ3v) is 4.34. The molecule has 124 valence electrons. The van der Waals surface area contributed by atoms with Crippen molar-refractivity contribution in [1.82, 2.24) is 5.32 Å². The van der Waals surface area contributed by atoms with Gasteiger partial charge in [-0.05, 0) is 24.1 Å². The summed E-state index contributed by atoms with van der Waals surface area (Å²) in [5.41, 5.74) is 2.10. The number of nitrogens with zero attached hydrogens (tertiary/aromatic N) is 1. The van der Waals surface area contributed by atoms with Gasteiger partial charge >= 0.3 is 0 Å². The highest BCUT2D eigenvalue weighted by molar-refractivity contribution is 5.95. The van der Waals surface area contributed by atoms with Crippen LogP contribution in [-0.4, -0.2) is 24.9 Å². The first kappa shape index (κ1) is 16.2. The Labute approximate surface area is 142 Å². The number of nitrogens with one attached hydrogen (secondary N) is 1. The van der Waals surface area contributed by atoms with E-state index in [1.807, 2.05) is 60.7 Å². The summed E-state index contributed by atoms with van der Waals surface area (Å²) in [6.07, 6.45) is 1.72. The first-order chi connectivity index (χ1) is 11.7. The molecule has 4 heteroatoms. The van der Waals surface area contributed by atoms with Crippen molar-refractivity contribution >= 4 is 17.5 Å². The highest BCUT2D eigenvalue weighted by Gasteiger charge is 2.30. The molecule has 3 rings (SSSR count). The van der Waals surface area contributed by atoms with Gasteiger partial charge in [0.25, 0.3) is 0 Å². The molecule has 2 aromatic carbocycles. The Morgan fingerprint density at radius 1 is 1.04 bits per heavy atom. The number of hydrogen-bond donors (Lipinski definition) is 1. The minimum Gasteiger partial charge on any atom is -0.356 e. The van der Waals surface area contributed by atoms with E-state index >= 15 is 0 Å². The molecule has 1 saturated heterocycles. The third-order valence-electron chi connectivity index (χ3n) is 4.34. The van der Waals surface area contributed by atoms with Gasteiger partial charge in [0.2, 0.25) is 11.8 Å². The van der Waals surface area contributed by atoms with Crippen LogP contribution < -0.4 is 10.2 Å². The number of anilines is 1. The highest BCUT2D eigenvalue weighted by Crippen LogP contribution is 2.24. The number of carbonyl (C=O) groups is 2. The van der Waals surface area contributed by atoms with Gasteiger partial charge < -0.3 is 10.2 Å². The molecule has 1 fully saturated rings. The van der Waals surface area contributed by atoms with Gasteiger partial charge in [0.15, 0.2) is 0 Å². The van der Waals surface area contributed by atoms with Crippen LogP contribution in [0.3, 0.4) is 0 Å². The summed E-state index contributed by atoms with van der Waals surface area (Å²) in [4.78, 5) is 26.0. The summed E-state index contributed by atoms with van der Waals surface area (Å²) in [5.74, 6) is 0.354. The fourth-order valence-electron chi connectivity index (χ4n) is 3.02. The van der Waals surface area contributed by atoms with E-state index in [0.717, 1.165) is 12.1 Å². The van der Waals surface area contributed by atoms with Crippen molar-refractivity contribution in [3.63, 3.8) is 0 Å². The van der Waals surface area contributed by atoms with Crippen molar-refractivity contribution in [1.29, 1.82) is 0 Å². The number of hydrogen-bond acceptors (Lipinski definition) is 2. The molecular weight excluding hydrogens is 300 g/mol. The average Bonchev–Trinajstić information content (AvgIpc) is 3.00. The lowest BCUT2D eigenvalue weighted by Gasteiger charge is -2.16. The second-order valence-corrected chi connectivity index (χ2v) is 6.20. The second kappa shape index (κ2) is 7.77. The normalized spacial score (nSPS) is 17.1. The SMILES string of the molecule is O=C(CCc1ccccc1)NC[C@H]1CC(=O)N(c2ccccc2)C1. The van der Waals surface area contributed by atoms with Crippen molar-refractivity contribution in [2.45, 2.75) is 19.3 Å². The van der Waals surface area contributed by atoms with Crippen molar-refractivity contribution in [3.8, 4) is 0 Å². The molecule has 0 aromatic heterocycles. The quantitative estimate of drug-likeness (QED) is 0.889. The second-order valence-electron chi connectivity index (χ2n) is 6.20. The van der Waals surface area contributed by atoms with Crippen molar-refractivity contribution < 1.29 is 9.59 Å². The van der Waals surface area contributed by atoms with Gasteiger partial charge in [0.05, 0.1) is 0 Å². The van der Waals surface area contributed by atoms with Gasteiger partial charge in [-0.3, -0.25) is 9.59 Å². The van der Waals surface area contributed by atoms with Gasteiger partial charge in [-0.25, -0.2) is 0 Å². The zero-order valence-electron chi connectivity index (χ0n) is 13.7. The molecule has 0 saturated carbocycles. The summed E-state index contributed by atoms with van der Waals surface area (Å²) in [6, 6.07) is 19.7. The molecule has 1 N–H and O–H groups in total. The lowest BCUT2D eigenvalue weighted by atomic mass is 10.1. The molecule has 0 unspecified atom stereocenters. The third kappa shape index (κ3) is 4.22. The average molecular weight is 322 g/mol. The highest BCUT2D eigenvalue weighted by atomic mass is 16.2. The first-order valence-electron chi connectivity index (χ1n) is 8.38. The molecule has 2 aromatic rings. The van der Waals surface area contributed by atoms with E-state index in [2.05, 4.69) is 5.32 Å². The van der Waals surface area contributed by atoms with E-state index in [-0.39, 0.29) is 17.7 Å². The molecule has 1 aliphatic rings. The summed E-state index contributed by atoms with van der Waals surface area (Å²) in [6.45, 7) is 1.23. The number of benzene rings is 2. The molecular formula is C20H22N2O2. The predicted octanol–water partition coefficient (Wildman–Crippen LogP) is 2.79. The van der Waals surface area contributed by atoms with Gasteiger partial charge in [-0.2, -0.15) is 0 Å². The number of para-hydroxylation sites is 1. The Morgan fingerprint density at radius 2 is 1.71 bits per heavy atom. The van der Waals surface area contributed by atoms with Crippen LogP contribution in [0.5, 0.6) is 0 Å². The van der Waals surface area contributed by atoms with Crippen LogP contribution in [0.1, 0.15) is 18.4 Å². The Balaban J connectivity index is 1.44. The van der Waals surface area contributed by atoms with Crippen LogP contribution in [0, 0.1) is 5.92 Å². The molecule has 24 heavy (non-hydrogen) atoms. The summed E-state index contributed by atoms with van der Waals surface area (Å²) in [5, 5.41) is 2.97. The van der Waals surface area contributed by atoms with E-state index in [0.29, 0.717) is 25.9 Å². The van der Waals surface area contributed by atoms with Crippen LogP contribution in [0.25, 0.3) is 0 Å². The zero-order valence-corrected chi connectivity index (χ0v) is 13.7. The summed E-state index contributed by atoms with van der Waals surface area (Å²) < 4.78 is 0. The molecule has 4 nitrogen and oxygen atoms in total. The minimum atomic E-state index is 0.0458. The monoisotopic (exact) mass is 322 g/mol. The Morgan fingerprint density at radius 3 is 2.42 bits per heavy atom. The molecule has 0 aliphatic carbocycles. The molecule has 1 atom stereocenters. The number of aryl methyl sites for hydroxylation is 1. The van der Waals surface area contributed by atoms with Crippen LogP contribution >= 0.6 is 0 Å². The lowest BCUT2D eigenvalue weighted by Crippen LogP contribution is -2.31. The van der Waals surface area contributed by atoms with Gasteiger partial charge in [0, 0.05) is 37.5 Å². The maximum Gasteiger partial charge on any atom is 0.227 e. The number of rotatable bonds is 6. The number of amides is 2. The molecule has 1 aliphatic heterocycles.